The quantitative estimate of drug-likeness (QED) is 0.941. The first kappa shape index (κ1) is 13.1. The third-order valence-electron chi connectivity index (χ3n) is 2.48. The topological polar surface area (TPSA) is 61.0 Å². The smallest absolute Gasteiger partial charge is 0.237 e. The monoisotopic (exact) mass is 283 g/mol. The molecule has 1 aromatic heterocycles. The van der Waals surface area contributed by atoms with Crippen molar-refractivity contribution in [3.63, 3.8) is 0 Å². The molecule has 0 aliphatic heterocycles. The van der Waals surface area contributed by atoms with Crippen molar-refractivity contribution in [3.8, 4) is 5.88 Å². The van der Waals surface area contributed by atoms with Crippen LogP contribution in [-0.2, 0) is 0 Å². The molecular formula is C12H11Cl2N3O. The van der Waals surface area contributed by atoms with E-state index >= 15 is 0 Å². The van der Waals surface area contributed by atoms with Crippen molar-refractivity contribution in [3.05, 3.63) is 51.9 Å². The van der Waals surface area contributed by atoms with Gasteiger partial charge in [0.25, 0.3) is 0 Å². The van der Waals surface area contributed by atoms with Gasteiger partial charge < -0.3 is 10.5 Å². The summed E-state index contributed by atoms with van der Waals surface area (Å²) in [7, 11) is 1.52. The van der Waals surface area contributed by atoms with Gasteiger partial charge >= 0.3 is 0 Å². The maximum absolute atomic E-state index is 6.13. The third kappa shape index (κ3) is 2.56. The van der Waals surface area contributed by atoms with Crippen LogP contribution in [0.1, 0.15) is 17.3 Å². The number of hydrogen-bond acceptors (Lipinski definition) is 4. The van der Waals surface area contributed by atoms with Gasteiger partial charge in [-0.2, -0.15) is 0 Å². The maximum Gasteiger partial charge on any atom is 0.237 e. The highest BCUT2D eigenvalue weighted by molar-refractivity contribution is 6.42. The van der Waals surface area contributed by atoms with Crippen LogP contribution in [0.25, 0.3) is 0 Å². The van der Waals surface area contributed by atoms with Gasteiger partial charge in [0, 0.05) is 12.4 Å². The molecule has 1 aromatic carbocycles. The van der Waals surface area contributed by atoms with Crippen molar-refractivity contribution in [2.24, 2.45) is 5.73 Å². The van der Waals surface area contributed by atoms with Crippen LogP contribution in [0.3, 0.4) is 0 Å². The Morgan fingerprint density at radius 2 is 1.89 bits per heavy atom. The van der Waals surface area contributed by atoms with Gasteiger partial charge in [-0.05, 0) is 17.7 Å². The van der Waals surface area contributed by atoms with E-state index in [1.54, 1.807) is 30.6 Å². The Labute approximate surface area is 115 Å². The lowest BCUT2D eigenvalue weighted by Crippen LogP contribution is -2.15. The Hall–Kier alpha value is -1.36. The number of aromatic nitrogens is 2. The molecular weight excluding hydrogens is 273 g/mol. The summed E-state index contributed by atoms with van der Waals surface area (Å²) in [5.41, 5.74) is 7.48. The number of halogens is 2. The third-order valence-corrected chi connectivity index (χ3v) is 3.22. The van der Waals surface area contributed by atoms with Gasteiger partial charge in [0.15, 0.2) is 0 Å². The summed E-state index contributed by atoms with van der Waals surface area (Å²) in [6, 6.07) is 4.74. The first-order valence-electron chi connectivity index (χ1n) is 5.19. The van der Waals surface area contributed by atoms with Crippen molar-refractivity contribution in [1.82, 2.24) is 9.97 Å². The van der Waals surface area contributed by atoms with Crippen LogP contribution in [0.5, 0.6) is 5.88 Å². The molecule has 0 amide bonds. The van der Waals surface area contributed by atoms with E-state index in [1.165, 1.54) is 7.11 Å². The van der Waals surface area contributed by atoms with Crippen molar-refractivity contribution >= 4 is 23.2 Å². The number of benzene rings is 1. The molecule has 0 radical (unpaired) electrons. The molecule has 0 saturated heterocycles. The molecule has 1 atom stereocenters. The minimum absolute atomic E-state index is 0.399. The lowest BCUT2D eigenvalue weighted by molar-refractivity contribution is 0.387. The van der Waals surface area contributed by atoms with Gasteiger partial charge in [-0.3, -0.25) is 4.98 Å². The standard InChI is InChI=1S/C12H11Cl2N3O/c1-18-12-11(16-4-5-17-12)10(15)7-2-3-8(13)9(14)6-7/h2-6,10H,15H2,1H3. The number of rotatable bonds is 3. The first-order chi connectivity index (χ1) is 8.63. The Kier molecular flexibility index (Phi) is 4.01. The van der Waals surface area contributed by atoms with Gasteiger partial charge in [-0.1, -0.05) is 29.3 Å². The highest BCUT2D eigenvalue weighted by atomic mass is 35.5. The van der Waals surface area contributed by atoms with E-state index in [-0.39, 0.29) is 0 Å². The Morgan fingerprint density at radius 1 is 1.17 bits per heavy atom. The van der Waals surface area contributed by atoms with Gasteiger partial charge in [0.2, 0.25) is 5.88 Å². The molecule has 6 heteroatoms. The summed E-state index contributed by atoms with van der Waals surface area (Å²) >= 11 is 11.8. The minimum Gasteiger partial charge on any atom is -0.480 e. The number of nitrogens with zero attached hydrogens (tertiary/aromatic N) is 2. The van der Waals surface area contributed by atoms with Crippen LogP contribution in [0, 0.1) is 0 Å². The first-order valence-corrected chi connectivity index (χ1v) is 5.94. The molecule has 1 unspecified atom stereocenters. The van der Waals surface area contributed by atoms with Crippen molar-refractivity contribution in [1.29, 1.82) is 0 Å². The van der Waals surface area contributed by atoms with Crippen LogP contribution in [-0.4, -0.2) is 17.1 Å². The predicted molar refractivity (Wildman–Crippen MR) is 71.1 cm³/mol. The summed E-state index contributed by atoms with van der Waals surface area (Å²) < 4.78 is 5.13. The Bertz CT molecular complexity index is 563. The summed E-state index contributed by atoms with van der Waals surface area (Å²) in [6.45, 7) is 0. The molecule has 94 valence electrons. The summed E-state index contributed by atoms with van der Waals surface area (Å²) in [5.74, 6) is 0.399. The summed E-state index contributed by atoms with van der Waals surface area (Å²) in [5, 5.41) is 0.936. The molecule has 0 bridgehead atoms. The van der Waals surface area contributed by atoms with Crippen LogP contribution >= 0.6 is 23.2 Å². The van der Waals surface area contributed by atoms with E-state index in [1.807, 2.05) is 0 Å². The fraction of sp³-hybridized carbons (Fsp3) is 0.167. The lowest BCUT2D eigenvalue weighted by Gasteiger charge is -2.14. The van der Waals surface area contributed by atoms with Crippen molar-refractivity contribution in [2.45, 2.75) is 6.04 Å². The van der Waals surface area contributed by atoms with E-state index in [0.29, 0.717) is 21.6 Å². The van der Waals surface area contributed by atoms with Crippen LogP contribution in [0.15, 0.2) is 30.6 Å². The SMILES string of the molecule is COc1nccnc1C(N)c1ccc(Cl)c(Cl)c1. The lowest BCUT2D eigenvalue weighted by atomic mass is 10.0. The summed E-state index contributed by atoms with van der Waals surface area (Å²) in [6.07, 6.45) is 3.11. The molecule has 0 aliphatic rings. The number of hydrogen-bond donors (Lipinski definition) is 1. The van der Waals surface area contributed by atoms with Crippen LogP contribution < -0.4 is 10.5 Å². The Balaban J connectivity index is 2.41. The molecule has 2 rings (SSSR count). The molecule has 18 heavy (non-hydrogen) atoms. The second-order valence-corrected chi connectivity index (χ2v) is 4.42. The van der Waals surface area contributed by atoms with Gasteiger partial charge in [-0.15, -0.1) is 0 Å². The average Bonchev–Trinajstić information content (AvgIpc) is 2.41. The highest BCUT2D eigenvalue weighted by Gasteiger charge is 2.17. The molecule has 0 spiro atoms. The fourth-order valence-corrected chi connectivity index (χ4v) is 1.88. The average molecular weight is 284 g/mol. The fourth-order valence-electron chi connectivity index (χ4n) is 1.57. The summed E-state index contributed by atoms with van der Waals surface area (Å²) in [4.78, 5) is 8.25. The van der Waals surface area contributed by atoms with Crippen LogP contribution in [0.2, 0.25) is 10.0 Å². The number of nitrogens with two attached hydrogens (primary N) is 1. The second-order valence-electron chi connectivity index (χ2n) is 3.60. The molecule has 2 N–H and O–H groups in total. The van der Waals surface area contributed by atoms with E-state index in [9.17, 15) is 0 Å². The maximum atomic E-state index is 6.13. The molecule has 0 fully saturated rings. The normalized spacial score (nSPS) is 12.2. The number of ether oxygens (including phenoxy) is 1. The van der Waals surface area contributed by atoms with Gasteiger partial charge in [0.05, 0.1) is 23.2 Å². The molecule has 2 aromatic rings. The highest BCUT2D eigenvalue weighted by Crippen LogP contribution is 2.29. The zero-order chi connectivity index (χ0) is 13.1. The zero-order valence-corrected chi connectivity index (χ0v) is 11.1. The molecule has 1 heterocycles. The van der Waals surface area contributed by atoms with E-state index in [2.05, 4.69) is 9.97 Å². The molecule has 0 aliphatic carbocycles. The van der Waals surface area contributed by atoms with Gasteiger partial charge in [-0.25, -0.2) is 4.98 Å². The van der Waals surface area contributed by atoms with E-state index in [0.717, 1.165) is 5.56 Å². The predicted octanol–water partition coefficient (Wildman–Crippen LogP) is 2.84. The van der Waals surface area contributed by atoms with E-state index < -0.39 is 6.04 Å². The van der Waals surface area contributed by atoms with Gasteiger partial charge in [0.1, 0.15) is 5.69 Å². The molecule has 4 nitrogen and oxygen atoms in total. The second kappa shape index (κ2) is 5.52. The zero-order valence-electron chi connectivity index (χ0n) is 9.60. The largest absolute Gasteiger partial charge is 0.480 e. The van der Waals surface area contributed by atoms with E-state index in [4.69, 9.17) is 33.7 Å². The van der Waals surface area contributed by atoms with Crippen LogP contribution in [0.4, 0.5) is 0 Å². The van der Waals surface area contributed by atoms with Crippen molar-refractivity contribution in [2.75, 3.05) is 7.11 Å². The Morgan fingerprint density at radius 3 is 2.56 bits per heavy atom. The van der Waals surface area contributed by atoms with Crippen molar-refractivity contribution < 1.29 is 4.74 Å². The number of methoxy groups -OCH3 is 1. The minimum atomic E-state index is -0.469. The molecule has 0 saturated carbocycles.